The van der Waals surface area contributed by atoms with Crippen LogP contribution < -0.4 is 10.3 Å². The summed E-state index contributed by atoms with van der Waals surface area (Å²) in [6.07, 6.45) is -4.50. The van der Waals surface area contributed by atoms with Crippen molar-refractivity contribution in [1.29, 1.82) is 0 Å². The van der Waals surface area contributed by atoms with Gasteiger partial charge in [-0.1, -0.05) is 16.7 Å². The molecule has 0 spiro atoms. The molecule has 1 aliphatic heterocycles. The van der Waals surface area contributed by atoms with Gasteiger partial charge in [0.1, 0.15) is 13.6 Å². The van der Waals surface area contributed by atoms with Crippen molar-refractivity contribution in [1.82, 2.24) is 0 Å². The van der Waals surface area contributed by atoms with E-state index in [9.17, 15) is 32.7 Å². The fourth-order valence-corrected chi connectivity index (χ4v) is 4.63. The van der Waals surface area contributed by atoms with Crippen LogP contribution in [0, 0.1) is 10.5 Å². The third-order valence-electron chi connectivity index (χ3n) is 5.86. The number of anilines is 2. The van der Waals surface area contributed by atoms with Gasteiger partial charge in [-0.25, -0.2) is 9.59 Å². The van der Waals surface area contributed by atoms with Gasteiger partial charge in [-0.05, 0) is 88.8 Å². The Labute approximate surface area is 228 Å². The first-order valence-electron chi connectivity index (χ1n) is 11.0. The maximum absolute atomic E-state index is 13.1. The van der Waals surface area contributed by atoms with Crippen molar-refractivity contribution in [3.05, 3.63) is 92.1 Å². The second-order valence-corrected chi connectivity index (χ2v) is 9.85. The maximum Gasteiger partial charge on any atom is 0.473 e. The first kappa shape index (κ1) is 27.2. The number of nitrogens with one attached hydrogen (secondary N) is 1. The van der Waals surface area contributed by atoms with Gasteiger partial charge in [0.25, 0.3) is 5.91 Å². The lowest BCUT2D eigenvalue weighted by Gasteiger charge is -2.20. The van der Waals surface area contributed by atoms with Crippen molar-refractivity contribution >= 4 is 51.9 Å². The standard InChI is InChI=1S/C25H19F3IN5O4/c1-14-12-15(6-11-20(14)30-22(35)18-4-3-5-19(29)21(18)23(36)37)13-34(2)24(38)33(31-32-34)17-9-7-16(8-10-17)25(26,27)28/h3-12H,13H2,1-2H3,(H-,30,35,36,37)/p+1. The smallest absolute Gasteiger partial charge is 0.473 e. The molecule has 0 fully saturated rings. The van der Waals surface area contributed by atoms with Crippen molar-refractivity contribution < 1.29 is 37.3 Å². The van der Waals surface area contributed by atoms with Crippen LogP contribution in [-0.4, -0.2) is 34.7 Å². The Morgan fingerprint density at radius 3 is 2.39 bits per heavy atom. The van der Waals surface area contributed by atoms with Gasteiger partial charge in [-0.15, -0.1) is 5.01 Å². The first-order chi connectivity index (χ1) is 17.8. The predicted octanol–water partition coefficient (Wildman–Crippen LogP) is 6.44. The molecule has 0 saturated heterocycles. The number of carbonyl (C=O) groups excluding carboxylic acids is 2. The van der Waals surface area contributed by atoms with Gasteiger partial charge in [0, 0.05) is 14.8 Å². The molecule has 1 aliphatic rings. The first-order valence-corrected chi connectivity index (χ1v) is 12.1. The normalized spacial score (nSPS) is 17.1. The highest BCUT2D eigenvalue weighted by molar-refractivity contribution is 14.1. The molecule has 0 aliphatic carbocycles. The molecule has 0 bridgehead atoms. The Bertz CT molecular complexity index is 1480. The average Bonchev–Trinajstić information content (AvgIpc) is 3.13. The van der Waals surface area contributed by atoms with Crippen LogP contribution in [0.4, 0.5) is 29.3 Å². The number of hydrogen-bond donors (Lipinski definition) is 2. The average molecular weight is 638 g/mol. The number of urea groups is 1. The summed E-state index contributed by atoms with van der Waals surface area (Å²) in [6, 6.07) is 13.2. The Hall–Kier alpha value is -3.85. The molecule has 2 N–H and O–H groups in total. The molecule has 1 unspecified atom stereocenters. The fourth-order valence-electron chi connectivity index (χ4n) is 3.90. The molecule has 9 nitrogen and oxygen atoms in total. The monoisotopic (exact) mass is 638 g/mol. The minimum atomic E-state index is -4.50. The Morgan fingerprint density at radius 1 is 1.11 bits per heavy atom. The summed E-state index contributed by atoms with van der Waals surface area (Å²) in [4.78, 5) is 37.5. The SMILES string of the molecule is Cc1cc(C[N+]2(C)N=NN(c3ccc(C(F)(F)F)cc3)C2=O)ccc1NC(=O)c1cccc(I)c1C(=O)O. The van der Waals surface area contributed by atoms with Crippen LogP contribution in [0.1, 0.15) is 37.4 Å². The second kappa shape index (κ2) is 10.1. The van der Waals surface area contributed by atoms with Crippen molar-refractivity contribution in [3.63, 3.8) is 0 Å². The number of carboxylic acid groups (broad SMARTS) is 1. The van der Waals surface area contributed by atoms with E-state index in [0.717, 1.165) is 29.3 Å². The third kappa shape index (κ3) is 5.38. The molecule has 3 amide bonds. The molecule has 3 aromatic rings. The zero-order valence-corrected chi connectivity index (χ0v) is 22.1. The quantitative estimate of drug-likeness (QED) is 0.239. The van der Waals surface area contributed by atoms with Crippen LogP contribution in [0.3, 0.4) is 0 Å². The van der Waals surface area contributed by atoms with E-state index in [1.807, 2.05) is 22.6 Å². The molecule has 4 rings (SSSR count). The van der Waals surface area contributed by atoms with Crippen LogP contribution >= 0.6 is 22.6 Å². The molecular weight excluding hydrogens is 618 g/mol. The van der Waals surface area contributed by atoms with Crippen LogP contribution in [0.2, 0.25) is 0 Å². The summed E-state index contributed by atoms with van der Waals surface area (Å²) < 4.78 is 38.5. The van der Waals surface area contributed by atoms with E-state index < -0.39 is 34.2 Å². The minimum absolute atomic E-state index is 0.0253. The highest BCUT2D eigenvalue weighted by Gasteiger charge is 2.45. The lowest BCUT2D eigenvalue weighted by Crippen LogP contribution is -2.45. The van der Waals surface area contributed by atoms with E-state index in [2.05, 4.69) is 15.8 Å². The fraction of sp³-hybridized carbons (Fsp3) is 0.160. The van der Waals surface area contributed by atoms with Crippen LogP contribution in [0.15, 0.2) is 71.1 Å². The van der Waals surface area contributed by atoms with Crippen LogP contribution in [0.5, 0.6) is 0 Å². The van der Waals surface area contributed by atoms with Crippen LogP contribution in [0.25, 0.3) is 0 Å². The summed E-state index contributed by atoms with van der Waals surface area (Å²) in [5.74, 6) is -1.79. The number of rotatable bonds is 6. The number of halogens is 4. The Morgan fingerprint density at radius 2 is 1.79 bits per heavy atom. The number of aryl methyl sites for hydroxylation is 1. The molecule has 0 radical (unpaired) electrons. The Balaban J connectivity index is 1.49. The zero-order chi connectivity index (χ0) is 27.8. The zero-order valence-electron chi connectivity index (χ0n) is 20.0. The summed E-state index contributed by atoms with van der Waals surface area (Å²) in [6.45, 7) is 1.84. The molecule has 1 heterocycles. The van der Waals surface area contributed by atoms with Gasteiger partial charge in [0.2, 0.25) is 0 Å². The second-order valence-electron chi connectivity index (χ2n) is 8.69. The number of alkyl halides is 3. The lowest BCUT2D eigenvalue weighted by atomic mass is 10.1. The maximum atomic E-state index is 13.1. The number of hydrogen-bond acceptors (Lipinski definition) is 5. The number of carboxylic acids is 1. The van der Waals surface area contributed by atoms with Gasteiger partial charge in [0.15, 0.2) is 0 Å². The highest BCUT2D eigenvalue weighted by atomic mass is 127. The number of quaternary nitrogens is 1. The number of benzene rings is 3. The third-order valence-corrected chi connectivity index (χ3v) is 6.76. The molecule has 38 heavy (non-hydrogen) atoms. The number of aromatic carboxylic acids is 1. The summed E-state index contributed by atoms with van der Waals surface area (Å²) >= 11 is 1.86. The van der Waals surface area contributed by atoms with Gasteiger partial charge < -0.3 is 10.4 Å². The largest absolute Gasteiger partial charge is 0.478 e. The topological polar surface area (TPSA) is 111 Å². The van der Waals surface area contributed by atoms with Crippen molar-refractivity contribution in [3.8, 4) is 0 Å². The molecule has 1 atom stereocenters. The summed E-state index contributed by atoms with van der Waals surface area (Å²) in [5.41, 5.74) is 1.05. The number of carbonyl (C=O) groups is 3. The Kier molecular flexibility index (Phi) is 7.25. The number of amides is 3. The number of nitrogens with zero attached hydrogens (tertiary/aromatic N) is 4. The van der Waals surface area contributed by atoms with E-state index >= 15 is 0 Å². The van der Waals surface area contributed by atoms with Crippen LogP contribution in [-0.2, 0) is 12.7 Å². The van der Waals surface area contributed by atoms with E-state index in [4.69, 9.17) is 0 Å². The van der Waals surface area contributed by atoms with Gasteiger partial charge in [0.05, 0.1) is 27.6 Å². The molecule has 3 aromatic carbocycles. The molecule has 196 valence electrons. The summed E-state index contributed by atoms with van der Waals surface area (Å²) in [5, 5.41) is 21.1. The molecular formula is C25H20F3IN5O4+. The highest BCUT2D eigenvalue weighted by Crippen LogP contribution is 2.33. The molecule has 13 heteroatoms. The van der Waals surface area contributed by atoms with Crippen molar-refractivity contribution in [2.45, 2.75) is 19.6 Å². The van der Waals surface area contributed by atoms with E-state index in [0.29, 0.717) is 20.4 Å². The van der Waals surface area contributed by atoms with Gasteiger partial charge in [-0.3, -0.25) is 4.79 Å². The molecule has 0 saturated carbocycles. The predicted molar refractivity (Wildman–Crippen MR) is 139 cm³/mol. The summed E-state index contributed by atoms with van der Waals surface area (Å²) in [7, 11) is 1.52. The van der Waals surface area contributed by atoms with Gasteiger partial charge in [-0.2, -0.15) is 13.2 Å². The van der Waals surface area contributed by atoms with E-state index in [1.165, 1.54) is 13.1 Å². The molecule has 0 aromatic heterocycles. The lowest BCUT2D eigenvalue weighted by molar-refractivity contribution is -0.848. The van der Waals surface area contributed by atoms with Crippen molar-refractivity contribution in [2.24, 2.45) is 10.4 Å². The van der Waals surface area contributed by atoms with Gasteiger partial charge >= 0.3 is 18.2 Å². The van der Waals surface area contributed by atoms with Crippen molar-refractivity contribution in [2.75, 3.05) is 17.4 Å². The van der Waals surface area contributed by atoms with E-state index in [-0.39, 0.29) is 23.4 Å². The van der Waals surface area contributed by atoms with E-state index in [1.54, 1.807) is 37.3 Å². The minimum Gasteiger partial charge on any atom is -0.478 e.